The van der Waals surface area contributed by atoms with Crippen LogP contribution < -0.4 is 0 Å². The van der Waals surface area contributed by atoms with E-state index in [9.17, 15) is 5.11 Å². The van der Waals surface area contributed by atoms with Gasteiger partial charge in [-0.05, 0) is 27.2 Å². The highest BCUT2D eigenvalue weighted by atomic mass is 16.3. The minimum atomic E-state index is -0.0714. The van der Waals surface area contributed by atoms with Crippen LogP contribution in [0, 0.1) is 0 Å². The minimum absolute atomic E-state index is 0.0404. The number of aliphatic hydroxyl groups excluding tert-OH is 1. The maximum Gasteiger partial charge on any atom is 0.159 e. The van der Waals surface area contributed by atoms with Gasteiger partial charge in [-0.15, -0.1) is 10.2 Å². The average Bonchev–Trinajstić information content (AvgIpc) is 2.80. The van der Waals surface area contributed by atoms with Crippen molar-refractivity contribution in [2.45, 2.75) is 91.2 Å². The summed E-state index contributed by atoms with van der Waals surface area (Å²) in [6.07, 6.45) is 10.1. The first-order chi connectivity index (χ1) is 9.50. The molecule has 0 bridgehead atoms. The highest BCUT2D eigenvalue weighted by Crippen LogP contribution is 2.20. The molecule has 20 heavy (non-hydrogen) atoms. The van der Waals surface area contributed by atoms with E-state index in [-0.39, 0.29) is 12.1 Å². The Morgan fingerprint density at radius 1 is 0.900 bits per heavy atom. The highest BCUT2D eigenvalue weighted by molar-refractivity contribution is 5.00. The largest absolute Gasteiger partial charge is 0.388 e. The fraction of sp³-hybridized carbons (Fsp3) is 0.875. The molecule has 1 heterocycles. The quantitative estimate of drug-likeness (QED) is 0.700. The lowest BCUT2D eigenvalue weighted by Gasteiger charge is -2.24. The van der Waals surface area contributed by atoms with Gasteiger partial charge in [0.05, 0.1) is 0 Å². The van der Waals surface area contributed by atoms with Crippen LogP contribution in [0.4, 0.5) is 0 Å². The molecule has 4 heteroatoms. The standard InChI is InChI=1S/C16H31N3O/c1-5-6-7-8-9-10-11-12-14-17-18-15(13-20)19(14)16(2,3)4/h20H,5-13H2,1-4H3. The minimum Gasteiger partial charge on any atom is -0.388 e. The first kappa shape index (κ1) is 17.2. The predicted octanol–water partition coefficient (Wildman–Crippen LogP) is 3.82. The van der Waals surface area contributed by atoms with Crippen LogP contribution in [-0.2, 0) is 18.6 Å². The molecule has 0 amide bonds. The van der Waals surface area contributed by atoms with E-state index in [2.05, 4.69) is 42.5 Å². The zero-order chi connectivity index (χ0) is 15.0. The normalized spacial score (nSPS) is 12.1. The van der Waals surface area contributed by atoms with E-state index in [1.807, 2.05) is 0 Å². The van der Waals surface area contributed by atoms with Gasteiger partial charge in [0, 0.05) is 12.0 Å². The third-order valence-electron chi connectivity index (χ3n) is 3.61. The molecule has 4 nitrogen and oxygen atoms in total. The van der Waals surface area contributed by atoms with Crippen LogP contribution in [-0.4, -0.2) is 19.9 Å². The lowest BCUT2D eigenvalue weighted by molar-refractivity contribution is 0.247. The summed E-state index contributed by atoms with van der Waals surface area (Å²) in [6.45, 7) is 8.59. The number of aliphatic hydroxyl groups is 1. The van der Waals surface area contributed by atoms with Crippen molar-refractivity contribution in [2.24, 2.45) is 0 Å². The molecule has 0 aliphatic carbocycles. The second-order valence-corrected chi connectivity index (χ2v) is 6.57. The lowest BCUT2D eigenvalue weighted by atomic mass is 10.1. The summed E-state index contributed by atoms with van der Waals surface area (Å²) < 4.78 is 2.09. The van der Waals surface area contributed by atoms with Crippen molar-refractivity contribution in [1.29, 1.82) is 0 Å². The van der Waals surface area contributed by atoms with E-state index >= 15 is 0 Å². The second kappa shape index (κ2) is 8.40. The van der Waals surface area contributed by atoms with Crippen LogP contribution in [0.25, 0.3) is 0 Å². The molecule has 0 atom stereocenters. The van der Waals surface area contributed by atoms with E-state index in [0.29, 0.717) is 5.82 Å². The second-order valence-electron chi connectivity index (χ2n) is 6.57. The Balaban J connectivity index is 2.42. The van der Waals surface area contributed by atoms with E-state index in [0.717, 1.165) is 18.7 Å². The van der Waals surface area contributed by atoms with Gasteiger partial charge in [-0.2, -0.15) is 0 Å². The van der Waals surface area contributed by atoms with Crippen molar-refractivity contribution < 1.29 is 5.11 Å². The molecule has 1 N–H and O–H groups in total. The zero-order valence-electron chi connectivity index (χ0n) is 13.7. The number of hydrogen-bond acceptors (Lipinski definition) is 3. The smallest absolute Gasteiger partial charge is 0.159 e. The number of aryl methyl sites for hydroxylation is 1. The van der Waals surface area contributed by atoms with Crippen LogP contribution >= 0.6 is 0 Å². The molecule has 0 fully saturated rings. The zero-order valence-corrected chi connectivity index (χ0v) is 13.7. The molecular formula is C16H31N3O. The van der Waals surface area contributed by atoms with Crippen LogP contribution in [0.15, 0.2) is 0 Å². The summed E-state index contributed by atoms with van der Waals surface area (Å²) in [5.74, 6) is 1.69. The summed E-state index contributed by atoms with van der Waals surface area (Å²) in [5, 5.41) is 17.7. The maximum absolute atomic E-state index is 9.36. The van der Waals surface area contributed by atoms with Crippen LogP contribution in [0.1, 0.15) is 84.3 Å². The molecule has 0 saturated heterocycles. The van der Waals surface area contributed by atoms with Gasteiger partial charge in [-0.25, -0.2) is 0 Å². The third-order valence-corrected chi connectivity index (χ3v) is 3.61. The Morgan fingerprint density at radius 2 is 1.45 bits per heavy atom. The molecule has 0 unspecified atom stereocenters. The van der Waals surface area contributed by atoms with E-state index in [1.165, 1.54) is 38.5 Å². The summed E-state index contributed by atoms with van der Waals surface area (Å²) in [6, 6.07) is 0. The Labute approximate surface area is 123 Å². The summed E-state index contributed by atoms with van der Waals surface area (Å²) in [7, 11) is 0. The van der Waals surface area contributed by atoms with Crippen molar-refractivity contribution in [2.75, 3.05) is 0 Å². The lowest BCUT2D eigenvalue weighted by Crippen LogP contribution is -2.26. The summed E-state index contributed by atoms with van der Waals surface area (Å²) in [5.41, 5.74) is -0.0714. The fourth-order valence-corrected chi connectivity index (χ4v) is 2.63. The SMILES string of the molecule is CCCCCCCCCc1nnc(CO)n1C(C)(C)C. The van der Waals surface area contributed by atoms with E-state index < -0.39 is 0 Å². The van der Waals surface area contributed by atoms with Crippen molar-refractivity contribution in [3.05, 3.63) is 11.6 Å². The molecule has 1 aromatic rings. The molecular weight excluding hydrogens is 250 g/mol. The first-order valence-electron chi connectivity index (χ1n) is 8.05. The van der Waals surface area contributed by atoms with Gasteiger partial charge >= 0.3 is 0 Å². The Kier molecular flexibility index (Phi) is 7.20. The summed E-state index contributed by atoms with van der Waals surface area (Å²) in [4.78, 5) is 0. The van der Waals surface area contributed by atoms with Gasteiger partial charge in [0.15, 0.2) is 5.82 Å². The van der Waals surface area contributed by atoms with Gasteiger partial charge in [-0.1, -0.05) is 45.4 Å². The van der Waals surface area contributed by atoms with Crippen molar-refractivity contribution in [3.63, 3.8) is 0 Å². The number of unbranched alkanes of at least 4 members (excludes halogenated alkanes) is 6. The molecule has 0 aliphatic heterocycles. The van der Waals surface area contributed by atoms with Crippen LogP contribution in [0.3, 0.4) is 0 Å². The Morgan fingerprint density at radius 3 is 2.00 bits per heavy atom. The fourth-order valence-electron chi connectivity index (χ4n) is 2.63. The van der Waals surface area contributed by atoms with E-state index in [1.54, 1.807) is 0 Å². The molecule has 0 aromatic carbocycles. The molecule has 0 spiro atoms. The molecule has 116 valence electrons. The molecule has 1 rings (SSSR count). The van der Waals surface area contributed by atoms with Gasteiger partial charge in [-0.3, -0.25) is 0 Å². The first-order valence-corrected chi connectivity index (χ1v) is 8.05. The third kappa shape index (κ3) is 5.23. The average molecular weight is 281 g/mol. The number of nitrogens with zero attached hydrogens (tertiary/aromatic N) is 3. The molecule has 0 radical (unpaired) electrons. The highest BCUT2D eigenvalue weighted by Gasteiger charge is 2.21. The van der Waals surface area contributed by atoms with Gasteiger partial charge in [0.2, 0.25) is 0 Å². The molecule has 0 aliphatic rings. The number of hydrogen-bond donors (Lipinski definition) is 1. The van der Waals surface area contributed by atoms with Gasteiger partial charge in [0.1, 0.15) is 12.4 Å². The van der Waals surface area contributed by atoms with Gasteiger partial charge < -0.3 is 9.67 Å². The van der Waals surface area contributed by atoms with Crippen molar-refractivity contribution in [3.8, 4) is 0 Å². The van der Waals surface area contributed by atoms with Crippen LogP contribution in [0.5, 0.6) is 0 Å². The van der Waals surface area contributed by atoms with Crippen LogP contribution in [0.2, 0.25) is 0 Å². The summed E-state index contributed by atoms with van der Waals surface area (Å²) >= 11 is 0. The number of rotatable bonds is 9. The molecule has 1 aromatic heterocycles. The predicted molar refractivity (Wildman–Crippen MR) is 82.6 cm³/mol. The van der Waals surface area contributed by atoms with Gasteiger partial charge in [0.25, 0.3) is 0 Å². The van der Waals surface area contributed by atoms with Crippen molar-refractivity contribution in [1.82, 2.24) is 14.8 Å². The monoisotopic (exact) mass is 281 g/mol. The Hall–Kier alpha value is -0.900. The molecule has 0 saturated carbocycles. The maximum atomic E-state index is 9.36. The Bertz CT molecular complexity index is 380. The number of aromatic nitrogens is 3. The topological polar surface area (TPSA) is 50.9 Å². The van der Waals surface area contributed by atoms with Crippen molar-refractivity contribution >= 4 is 0 Å². The van der Waals surface area contributed by atoms with E-state index in [4.69, 9.17) is 0 Å².